The van der Waals surface area contributed by atoms with Gasteiger partial charge in [0.15, 0.2) is 0 Å². The number of hydrogen-bond donors (Lipinski definition) is 2. The zero-order chi connectivity index (χ0) is 6.57. The van der Waals surface area contributed by atoms with Crippen molar-refractivity contribution in [2.75, 3.05) is 6.61 Å². The van der Waals surface area contributed by atoms with Crippen LogP contribution in [0.3, 0.4) is 0 Å². The summed E-state index contributed by atoms with van der Waals surface area (Å²) in [5.41, 5.74) is 0. The summed E-state index contributed by atoms with van der Waals surface area (Å²) in [5.74, 6) is -0.973. The molecule has 0 fully saturated rings. The first kappa shape index (κ1) is 12.4. The summed E-state index contributed by atoms with van der Waals surface area (Å²) in [7, 11) is 0. The fourth-order valence-electron chi connectivity index (χ4n) is 0.363. The predicted molar refractivity (Wildman–Crippen MR) is 37.0 cm³/mol. The normalized spacial score (nSPS) is 11.8. The molecule has 0 aromatic heterocycles. The number of aliphatic carboxylic acids is 1. The first-order valence-corrected chi connectivity index (χ1v) is 2.49. The molecular weight excluding hydrogens is 148 g/mol. The molecule has 4 heteroatoms. The Morgan fingerprint density at radius 1 is 1.67 bits per heavy atom. The van der Waals surface area contributed by atoms with E-state index in [4.69, 9.17) is 10.2 Å². The molecule has 0 bridgehead atoms. The molecule has 0 aromatic rings. The van der Waals surface area contributed by atoms with Crippen LogP contribution >= 0.6 is 0 Å². The van der Waals surface area contributed by atoms with Crippen LogP contribution in [0.4, 0.5) is 0 Å². The number of carboxylic acid groups (broad SMARTS) is 1. The summed E-state index contributed by atoms with van der Waals surface area (Å²) in [6.07, 6.45) is 0.0521. The van der Waals surface area contributed by atoms with Crippen LogP contribution in [0.5, 0.6) is 0 Å². The third-order valence-corrected chi connectivity index (χ3v) is 0.835. The van der Waals surface area contributed by atoms with E-state index in [-0.39, 0.29) is 56.7 Å². The summed E-state index contributed by atoms with van der Waals surface area (Å²) in [5, 5.41) is 16.4. The van der Waals surface area contributed by atoms with E-state index < -0.39 is 5.97 Å². The molecular formula is C5H12CaO3. The summed E-state index contributed by atoms with van der Waals surface area (Å²) >= 11 is 0. The molecule has 2 N–H and O–H groups in total. The molecule has 0 aromatic carbocycles. The van der Waals surface area contributed by atoms with Crippen LogP contribution < -0.4 is 0 Å². The first-order valence-electron chi connectivity index (χ1n) is 2.49. The van der Waals surface area contributed by atoms with Crippen molar-refractivity contribution in [2.24, 2.45) is 5.92 Å². The van der Waals surface area contributed by atoms with E-state index in [2.05, 4.69) is 0 Å². The van der Waals surface area contributed by atoms with Crippen LogP contribution in [0, 0.1) is 5.92 Å². The van der Waals surface area contributed by atoms with E-state index in [1.54, 1.807) is 6.92 Å². The van der Waals surface area contributed by atoms with Crippen molar-refractivity contribution in [1.82, 2.24) is 0 Å². The van der Waals surface area contributed by atoms with Gasteiger partial charge in [-0.1, -0.05) is 6.92 Å². The van der Waals surface area contributed by atoms with Crippen molar-refractivity contribution in [3.05, 3.63) is 0 Å². The molecule has 0 rings (SSSR count). The molecule has 0 spiro atoms. The molecule has 0 aliphatic heterocycles. The van der Waals surface area contributed by atoms with E-state index in [9.17, 15) is 4.79 Å². The maximum absolute atomic E-state index is 9.86. The Kier molecular flexibility index (Phi) is 9.36. The second kappa shape index (κ2) is 6.80. The summed E-state index contributed by atoms with van der Waals surface area (Å²) in [4.78, 5) is 9.86. The second-order valence-electron chi connectivity index (χ2n) is 1.89. The van der Waals surface area contributed by atoms with Crippen molar-refractivity contribution in [2.45, 2.75) is 13.3 Å². The molecule has 0 aliphatic carbocycles. The van der Waals surface area contributed by atoms with Gasteiger partial charge in [-0.25, -0.2) is 0 Å². The molecule has 3 nitrogen and oxygen atoms in total. The predicted octanol–water partition coefficient (Wildman–Crippen LogP) is -0.827. The van der Waals surface area contributed by atoms with Gasteiger partial charge in [-0.3, -0.25) is 4.79 Å². The van der Waals surface area contributed by atoms with Gasteiger partial charge in [0.25, 0.3) is 0 Å². The van der Waals surface area contributed by atoms with Gasteiger partial charge < -0.3 is 10.2 Å². The third kappa shape index (κ3) is 8.69. The van der Waals surface area contributed by atoms with Crippen molar-refractivity contribution in [3.8, 4) is 0 Å². The van der Waals surface area contributed by atoms with E-state index >= 15 is 0 Å². The van der Waals surface area contributed by atoms with Crippen LogP contribution in [0.1, 0.15) is 13.3 Å². The molecule has 1 atom stereocenters. The van der Waals surface area contributed by atoms with Gasteiger partial charge in [0.1, 0.15) is 0 Å². The number of carboxylic acids is 1. The van der Waals surface area contributed by atoms with Gasteiger partial charge in [0.05, 0.1) is 6.42 Å². The Morgan fingerprint density at radius 3 is 2.22 bits per heavy atom. The zero-order valence-electron chi connectivity index (χ0n) is 4.79. The molecule has 0 amide bonds. The Bertz CT molecular complexity index is 84.3. The van der Waals surface area contributed by atoms with Crippen LogP contribution in [0.15, 0.2) is 0 Å². The Hall–Kier alpha value is 0.690. The fourth-order valence-corrected chi connectivity index (χ4v) is 0.363. The fraction of sp³-hybridized carbons (Fsp3) is 0.800. The molecule has 1 unspecified atom stereocenters. The third-order valence-electron chi connectivity index (χ3n) is 0.835. The monoisotopic (exact) mass is 160 g/mol. The molecule has 52 valence electrons. The number of hydrogen-bond acceptors (Lipinski definition) is 2. The minimum absolute atomic E-state index is 0. The van der Waals surface area contributed by atoms with Crippen molar-refractivity contribution >= 4 is 43.7 Å². The van der Waals surface area contributed by atoms with Crippen LogP contribution in [0.2, 0.25) is 0 Å². The van der Waals surface area contributed by atoms with Crippen LogP contribution in [0.25, 0.3) is 0 Å². The van der Waals surface area contributed by atoms with E-state index in [0.717, 1.165) is 0 Å². The van der Waals surface area contributed by atoms with Gasteiger partial charge >= 0.3 is 43.7 Å². The SMILES string of the molecule is CC(CO)CC(=O)O.[CaH2]. The van der Waals surface area contributed by atoms with E-state index in [1.807, 2.05) is 0 Å². The summed E-state index contributed by atoms with van der Waals surface area (Å²) in [6, 6.07) is 0. The molecule has 0 saturated heterocycles. The maximum atomic E-state index is 9.86. The van der Waals surface area contributed by atoms with Crippen molar-refractivity contribution < 1.29 is 15.0 Å². The standard InChI is InChI=1S/C5H10O3.Ca.2H/c1-4(3-6)2-5(7)8;;;/h4,6H,2-3H2,1H3,(H,7,8);;;. The summed E-state index contributed by atoms with van der Waals surface area (Å²) in [6.45, 7) is 1.64. The average molecular weight is 160 g/mol. The van der Waals surface area contributed by atoms with Gasteiger partial charge in [0.2, 0.25) is 0 Å². The zero-order valence-corrected chi connectivity index (χ0v) is 4.79. The van der Waals surface area contributed by atoms with Gasteiger partial charge in [-0.05, 0) is 5.92 Å². The van der Waals surface area contributed by atoms with Gasteiger partial charge in [-0.2, -0.15) is 0 Å². The van der Waals surface area contributed by atoms with Crippen molar-refractivity contribution in [3.63, 3.8) is 0 Å². The van der Waals surface area contributed by atoms with Crippen molar-refractivity contribution in [1.29, 1.82) is 0 Å². The number of rotatable bonds is 3. The number of aliphatic hydroxyl groups excluding tert-OH is 1. The van der Waals surface area contributed by atoms with Gasteiger partial charge in [-0.15, -0.1) is 0 Å². The molecule has 0 aliphatic rings. The average Bonchev–Trinajstić information content (AvgIpc) is 1.65. The van der Waals surface area contributed by atoms with Crippen LogP contribution in [-0.2, 0) is 4.79 Å². The van der Waals surface area contributed by atoms with Gasteiger partial charge in [0, 0.05) is 6.61 Å². The quantitative estimate of drug-likeness (QED) is 0.530. The van der Waals surface area contributed by atoms with Crippen LogP contribution in [-0.4, -0.2) is 60.5 Å². The van der Waals surface area contributed by atoms with E-state index in [1.165, 1.54) is 0 Å². The minimum atomic E-state index is -0.855. The molecule has 0 radical (unpaired) electrons. The topological polar surface area (TPSA) is 57.5 Å². The molecule has 0 heterocycles. The Morgan fingerprint density at radius 2 is 2.11 bits per heavy atom. The number of carbonyl (C=O) groups is 1. The first-order chi connectivity index (χ1) is 3.66. The van der Waals surface area contributed by atoms with E-state index in [0.29, 0.717) is 0 Å². The Balaban J connectivity index is 0. The Labute approximate surface area is 84.1 Å². The number of aliphatic hydroxyl groups is 1. The second-order valence-corrected chi connectivity index (χ2v) is 1.89. The summed E-state index contributed by atoms with van der Waals surface area (Å²) < 4.78 is 0. The molecule has 9 heavy (non-hydrogen) atoms. The molecule has 0 saturated carbocycles.